The predicted molar refractivity (Wildman–Crippen MR) is 38.3 cm³/mol. The molecule has 0 aliphatic carbocycles. The van der Waals surface area contributed by atoms with Crippen LogP contribution in [0.1, 0.15) is 13.8 Å². The van der Waals surface area contributed by atoms with Crippen molar-refractivity contribution in [3.8, 4) is 0 Å². The highest BCUT2D eigenvalue weighted by Gasteiger charge is 2.11. The lowest BCUT2D eigenvalue weighted by atomic mass is 10.1. The molecule has 1 atom stereocenters. The molecule has 56 valence electrons. The molecule has 0 bridgehead atoms. The minimum Gasteiger partial charge on any atom is -0.307 e. The number of hydrogen-bond donors (Lipinski definition) is 0. The van der Waals surface area contributed by atoms with Crippen molar-refractivity contribution in [2.75, 3.05) is 20.6 Å². The third-order valence-electron chi connectivity index (χ3n) is 1.26. The zero-order valence-electron chi connectivity index (χ0n) is 6.69. The van der Waals surface area contributed by atoms with E-state index in [1.807, 2.05) is 32.8 Å². The minimum absolute atomic E-state index is 0.146. The lowest BCUT2D eigenvalue weighted by Crippen LogP contribution is -2.26. The average molecular weight is 133 g/mol. The summed E-state index contributed by atoms with van der Waals surface area (Å²) in [4.78, 5) is 1.87. The molecule has 0 heterocycles. The van der Waals surface area contributed by atoms with Gasteiger partial charge in [0.1, 0.15) is 6.17 Å². The van der Waals surface area contributed by atoms with E-state index in [2.05, 4.69) is 0 Å². The van der Waals surface area contributed by atoms with Gasteiger partial charge >= 0.3 is 0 Å². The summed E-state index contributed by atoms with van der Waals surface area (Å²) in [5.41, 5.74) is 0. The lowest BCUT2D eigenvalue weighted by molar-refractivity contribution is 0.195. The van der Waals surface area contributed by atoms with Gasteiger partial charge in [-0.25, -0.2) is 4.39 Å². The van der Waals surface area contributed by atoms with Gasteiger partial charge in [-0.2, -0.15) is 0 Å². The van der Waals surface area contributed by atoms with Gasteiger partial charge in [-0.1, -0.05) is 13.8 Å². The first-order chi connectivity index (χ1) is 4.04. The predicted octanol–water partition coefficient (Wildman–Crippen LogP) is 1.54. The van der Waals surface area contributed by atoms with Crippen molar-refractivity contribution in [3.05, 3.63) is 0 Å². The molecule has 0 amide bonds. The molecule has 0 saturated heterocycles. The van der Waals surface area contributed by atoms with E-state index in [-0.39, 0.29) is 5.92 Å². The van der Waals surface area contributed by atoms with Crippen LogP contribution in [0.4, 0.5) is 4.39 Å². The van der Waals surface area contributed by atoms with Crippen LogP contribution in [-0.2, 0) is 0 Å². The number of nitrogens with zero attached hydrogens (tertiary/aromatic N) is 1. The summed E-state index contributed by atoms with van der Waals surface area (Å²) in [7, 11) is 3.77. The van der Waals surface area contributed by atoms with Gasteiger partial charge in [0.2, 0.25) is 0 Å². The topological polar surface area (TPSA) is 3.24 Å². The van der Waals surface area contributed by atoms with Crippen molar-refractivity contribution in [2.24, 2.45) is 5.92 Å². The Morgan fingerprint density at radius 3 is 1.89 bits per heavy atom. The largest absolute Gasteiger partial charge is 0.307 e. The number of halogens is 1. The molecule has 0 aromatic rings. The minimum atomic E-state index is -0.681. The van der Waals surface area contributed by atoms with Crippen molar-refractivity contribution < 1.29 is 4.39 Å². The standard InChI is InChI=1S/C7H16FN/c1-6(2)7(8)5-9(3)4/h6-7H,5H2,1-4H3/t7-/m0/s1. The number of hydrogen-bond acceptors (Lipinski definition) is 1. The molecule has 0 rings (SSSR count). The highest BCUT2D eigenvalue weighted by molar-refractivity contribution is 4.62. The highest BCUT2D eigenvalue weighted by Crippen LogP contribution is 2.05. The molecule has 1 nitrogen and oxygen atoms in total. The van der Waals surface area contributed by atoms with Crippen molar-refractivity contribution in [2.45, 2.75) is 20.0 Å². The van der Waals surface area contributed by atoms with Gasteiger partial charge in [0.25, 0.3) is 0 Å². The van der Waals surface area contributed by atoms with E-state index >= 15 is 0 Å². The van der Waals surface area contributed by atoms with E-state index < -0.39 is 6.17 Å². The second-order valence-corrected chi connectivity index (χ2v) is 3.02. The molecule has 9 heavy (non-hydrogen) atoms. The second-order valence-electron chi connectivity index (χ2n) is 3.02. The van der Waals surface area contributed by atoms with Gasteiger partial charge in [0.05, 0.1) is 0 Å². The monoisotopic (exact) mass is 133 g/mol. The van der Waals surface area contributed by atoms with Crippen LogP contribution < -0.4 is 0 Å². The second kappa shape index (κ2) is 3.83. The fourth-order valence-corrected chi connectivity index (χ4v) is 0.560. The Kier molecular flexibility index (Phi) is 3.78. The first-order valence-electron chi connectivity index (χ1n) is 3.33. The molecule has 0 spiro atoms. The van der Waals surface area contributed by atoms with E-state index in [1.165, 1.54) is 0 Å². The molecule has 0 aliphatic rings. The van der Waals surface area contributed by atoms with Crippen LogP contribution >= 0.6 is 0 Å². The van der Waals surface area contributed by atoms with Gasteiger partial charge in [0.15, 0.2) is 0 Å². The zero-order chi connectivity index (χ0) is 7.44. The SMILES string of the molecule is CC(C)[C@@H](F)CN(C)C. The summed E-state index contributed by atoms with van der Waals surface area (Å²) >= 11 is 0. The first kappa shape index (κ1) is 8.89. The van der Waals surface area contributed by atoms with E-state index in [9.17, 15) is 4.39 Å². The van der Waals surface area contributed by atoms with Gasteiger partial charge in [-0.3, -0.25) is 0 Å². The third kappa shape index (κ3) is 4.40. The van der Waals surface area contributed by atoms with Crippen LogP contribution in [0, 0.1) is 5.92 Å². The molecular formula is C7H16FN. The van der Waals surface area contributed by atoms with Crippen LogP contribution in [0.15, 0.2) is 0 Å². The quantitative estimate of drug-likeness (QED) is 0.564. The van der Waals surface area contributed by atoms with Crippen LogP contribution in [0.2, 0.25) is 0 Å². The van der Waals surface area contributed by atoms with Crippen LogP contribution in [0.3, 0.4) is 0 Å². The van der Waals surface area contributed by atoms with Crippen LogP contribution in [0.25, 0.3) is 0 Å². The Morgan fingerprint density at radius 1 is 1.33 bits per heavy atom. The summed E-state index contributed by atoms with van der Waals surface area (Å²) in [6, 6.07) is 0. The Balaban J connectivity index is 3.38. The maximum absolute atomic E-state index is 12.7. The van der Waals surface area contributed by atoms with Crippen molar-refractivity contribution in [1.29, 1.82) is 0 Å². The fourth-order valence-electron chi connectivity index (χ4n) is 0.560. The van der Waals surface area contributed by atoms with Crippen LogP contribution in [0.5, 0.6) is 0 Å². The van der Waals surface area contributed by atoms with Gasteiger partial charge < -0.3 is 4.90 Å². The van der Waals surface area contributed by atoms with Gasteiger partial charge in [-0.15, -0.1) is 0 Å². The molecule has 0 radical (unpaired) electrons. The maximum atomic E-state index is 12.7. The summed E-state index contributed by atoms with van der Waals surface area (Å²) in [6.45, 7) is 4.33. The summed E-state index contributed by atoms with van der Waals surface area (Å²) in [5, 5.41) is 0. The lowest BCUT2D eigenvalue weighted by Gasteiger charge is -2.16. The highest BCUT2D eigenvalue weighted by atomic mass is 19.1. The molecule has 2 heteroatoms. The third-order valence-corrected chi connectivity index (χ3v) is 1.26. The summed E-state index contributed by atoms with van der Waals surface area (Å²) < 4.78 is 12.7. The normalized spacial score (nSPS) is 15.0. The Hall–Kier alpha value is -0.110. The molecule has 0 aromatic heterocycles. The smallest absolute Gasteiger partial charge is 0.115 e. The number of rotatable bonds is 3. The van der Waals surface area contributed by atoms with E-state index in [1.54, 1.807) is 0 Å². The maximum Gasteiger partial charge on any atom is 0.115 e. The van der Waals surface area contributed by atoms with Crippen molar-refractivity contribution >= 4 is 0 Å². The molecule has 0 fully saturated rings. The van der Waals surface area contributed by atoms with E-state index in [0.29, 0.717) is 6.54 Å². The average Bonchev–Trinajstić information content (AvgIpc) is 1.63. The zero-order valence-corrected chi connectivity index (χ0v) is 6.69. The van der Waals surface area contributed by atoms with Crippen molar-refractivity contribution in [1.82, 2.24) is 4.90 Å². The van der Waals surface area contributed by atoms with E-state index in [0.717, 1.165) is 0 Å². The Labute approximate surface area is 56.9 Å². The Morgan fingerprint density at radius 2 is 1.78 bits per heavy atom. The molecular weight excluding hydrogens is 117 g/mol. The van der Waals surface area contributed by atoms with Crippen LogP contribution in [-0.4, -0.2) is 31.7 Å². The molecule has 0 aliphatic heterocycles. The number of alkyl halides is 1. The van der Waals surface area contributed by atoms with E-state index in [4.69, 9.17) is 0 Å². The fraction of sp³-hybridized carbons (Fsp3) is 1.00. The van der Waals surface area contributed by atoms with Crippen molar-refractivity contribution in [3.63, 3.8) is 0 Å². The Bertz CT molecular complexity index is 71.3. The first-order valence-corrected chi connectivity index (χ1v) is 3.33. The molecule has 0 N–H and O–H groups in total. The molecule has 0 aromatic carbocycles. The summed E-state index contributed by atoms with van der Waals surface area (Å²) in [6.07, 6.45) is -0.681. The van der Waals surface area contributed by atoms with Gasteiger partial charge in [0, 0.05) is 6.54 Å². The van der Waals surface area contributed by atoms with Gasteiger partial charge in [-0.05, 0) is 20.0 Å². The molecule has 0 saturated carbocycles. The summed E-state index contributed by atoms with van der Waals surface area (Å²) in [5.74, 6) is 0.146. The molecule has 0 unspecified atom stereocenters.